The number of benzene rings is 1. The van der Waals surface area contributed by atoms with E-state index in [1.54, 1.807) is 41.2 Å². The fourth-order valence-corrected chi connectivity index (χ4v) is 4.27. The molecule has 176 valence electrons. The average molecular weight is 487 g/mol. The van der Waals surface area contributed by atoms with E-state index in [9.17, 15) is 23.2 Å². The van der Waals surface area contributed by atoms with Crippen LogP contribution >= 0.6 is 11.8 Å². The monoisotopic (exact) mass is 486 g/mol. The van der Waals surface area contributed by atoms with Gasteiger partial charge in [-0.3, -0.25) is 9.48 Å². The molecule has 0 aliphatic rings. The number of halogens is 3. The second kappa shape index (κ2) is 10.6. The summed E-state index contributed by atoms with van der Waals surface area (Å²) in [4.78, 5) is 16.2. The van der Waals surface area contributed by atoms with Gasteiger partial charge in [0.05, 0.1) is 12.7 Å². The first-order valence-corrected chi connectivity index (χ1v) is 11.2. The van der Waals surface area contributed by atoms with E-state index in [0.717, 1.165) is 17.8 Å². The Balaban J connectivity index is 1.86. The molecule has 0 spiro atoms. The van der Waals surface area contributed by atoms with Crippen LogP contribution < -0.4 is 4.74 Å². The second-order valence-electron chi connectivity index (χ2n) is 7.20. The molecule has 0 bridgehead atoms. The Kier molecular flexibility index (Phi) is 7.79. The normalized spacial score (nSPS) is 11.6. The maximum Gasteiger partial charge on any atom is 0.433 e. The molecule has 3 rings (SSSR count). The molecular weight excluding hydrogens is 465 g/mol. The number of allylic oxidation sites excluding steroid dienone is 1. The molecule has 1 aromatic carbocycles. The molecular formula is C24H21F3N4O2S. The molecule has 0 saturated carbocycles. The van der Waals surface area contributed by atoms with Crippen LogP contribution in [0.1, 0.15) is 45.4 Å². The molecule has 3 aromatic rings. The largest absolute Gasteiger partial charge is 0.496 e. The number of nitriles is 1. The number of nitrogens with zero attached hydrogens (tertiary/aromatic N) is 4. The zero-order valence-corrected chi connectivity index (χ0v) is 19.5. The number of thioether (sulfide) groups is 1. The zero-order valence-electron chi connectivity index (χ0n) is 18.7. The maximum absolute atomic E-state index is 13.2. The number of ketones is 1. The Morgan fingerprint density at radius 2 is 2.06 bits per heavy atom. The van der Waals surface area contributed by atoms with Crippen LogP contribution in [0.25, 0.3) is 6.08 Å². The topological polar surface area (TPSA) is 80.8 Å². The third kappa shape index (κ3) is 5.66. The van der Waals surface area contributed by atoms with E-state index in [1.807, 2.05) is 13.0 Å². The highest BCUT2D eigenvalue weighted by atomic mass is 32.2. The molecule has 0 fully saturated rings. The summed E-state index contributed by atoms with van der Waals surface area (Å²) in [5, 5.41) is 13.5. The second-order valence-corrected chi connectivity index (χ2v) is 8.17. The van der Waals surface area contributed by atoms with Crippen LogP contribution in [0.15, 0.2) is 47.6 Å². The number of aromatic nitrogens is 3. The molecule has 0 saturated heterocycles. The van der Waals surface area contributed by atoms with Crippen molar-refractivity contribution in [2.45, 2.75) is 37.3 Å². The molecule has 6 nitrogen and oxygen atoms in total. The van der Waals surface area contributed by atoms with Crippen molar-refractivity contribution in [3.8, 4) is 11.8 Å². The van der Waals surface area contributed by atoms with Crippen molar-refractivity contribution >= 4 is 23.6 Å². The summed E-state index contributed by atoms with van der Waals surface area (Å²) in [7, 11) is 1.49. The van der Waals surface area contributed by atoms with E-state index in [1.165, 1.54) is 20.1 Å². The van der Waals surface area contributed by atoms with Crippen molar-refractivity contribution in [3.63, 3.8) is 0 Å². The van der Waals surface area contributed by atoms with Crippen LogP contribution in [0, 0.1) is 18.3 Å². The number of hydrogen-bond donors (Lipinski definition) is 0. The van der Waals surface area contributed by atoms with Crippen LogP contribution in [0.4, 0.5) is 13.2 Å². The molecule has 34 heavy (non-hydrogen) atoms. The molecule has 0 unspecified atom stereocenters. The Morgan fingerprint density at radius 1 is 1.29 bits per heavy atom. The van der Waals surface area contributed by atoms with Gasteiger partial charge in [0, 0.05) is 24.1 Å². The minimum absolute atomic E-state index is 0.000767. The van der Waals surface area contributed by atoms with Crippen molar-refractivity contribution in [1.29, 1.82) is 5.26 Å². The predicted octanol–water partition coefficient (Wildman–Crippen LogP) is 5.69. The fraction of sp³-hybridized carbons (Fsp3) is 0.250. The quantitative estimate of drug-likeness (QED) is 0.231. The van der Waals surface area contributed by atoms with Gasteiger partial charge in [0.1, 0.15) is 28.2 Å². The van der Waals surface area contributed by atoms with Crippen LogP contribution in [0.3, 0.4) is 0 Å². The van der Waals surface area contributed by atoms with Crippen molar-refractivity contribution < 1.29 is 22.7 Å². The number of methoxy groups -OCH3 is 1. The Hall–Kier alpha value is -3.58. The summed E-state index contributed by atoms with van der Waals surface area (Å²) in [6, 6.07) is 9.71. The molecule has 2 heterocycles. The molecule has 0 amide bonds. The van der Waals surface area contributed by atoms with Crippen LogP contribution in [0.5, 0.6) is 5.75 Å². The Morgan fingerprint density at radius 3 is 2.71 bits per heavy atom. The van der Waals surface area contributed by atoms with Crippen molar-refractivity contribution in [2.24, 2.45) is 0 Å². The van der Waals surface area contributed by atoms with Gasteiger partial charge >= 0.3 is 6.18 Å². The lowest BCUT2D eigenvalue weighted by molar-refractivity contribution is -0.141. The molecule has 0 radical (unpaired) electrons. The van der Waals surface area contributed by atoms with Gasteiger partial charge in [-0.1, -0.05) is 12.1 Å². The minimum atomic E-state index is -4.61. The number of pyridine rings is 1. The van der Waals surface area contributed by atoms with E-state index in [0.29, 0.717) is 29.1 Å². The van der Waals surface area contributed by atoms with E-state index >= 15 is 0 Å². The zero-order chi connectivity index (χ0) is 24.9. The molecule has 0 aliphatic carbocycles. The number of alkyl halides is 3. The number of ether oxygens (including phenoxy) is 1. The first-order chi connectivity index (χ1) is 16.2. The number of carbonyl (C=O) groups is 1. The first kappa shape index (κ1) is 25.1. The smallest absolute Gasteiger partial charge is 0.433 e. The average Bonchev–Trinajstić information content (AvgIpc) is 3.29. The van der Waals surface area contributed by atoms with Crippen LogP contribution in [-0.2, 0) is 18.5 Å². The van der Waals surface area contributed by atoms with Gasteiger partial charge in [0.2, 0.25) is 5.78 Å². The van der Waals surface area contributed by atoms with Crippen molar-refractivity contribution in [3.05, 3.63) is 76.2 Å². The van der Waals surface area contributed by atoms with Gasteiger partial charge in [0.25, 0.3) is 0 Å². The van der Waals surface area contributed by atoms with Gasteiger partial charge in [-0.05, 0) is 55.3 Å². The first-order valence-electron chi connectivity index (χ1n) is 10.2. The SMILES string of the molecule is CCn1nccc1C(=O)/C=C/c1ccc(OC)c(CSc2nc(C(F)(F)F)cc(C)c2C#N)c1. The standard InChI is InChI=1S/C24H21F3N4O2S/c1-4-31-19(9-10-29-31)20(32)7-5-16-6-8-21(33-3)17(12-16)14-34-23-18(13-28)15(2)11-22(30-23)24(25,26)27/h5-12H,4,14H2,1-3H3/b7-5+. The van der Waals surface area contributed by atoms with Gasteiger partial charge < -0.3 is 4.74 Å². The van der Waals surface area contributed by atoms with Gasteiger partial charge in [-0.2, -0.15) is 23.5 Å². The number of hydrogen-bond acceptors (Lipinski definition) is 6. The summed E-state index contributed by atoms with van der Waals surface area (Å²) in [6.45, 7) is 3.91. The number of carbonyl (C=O) groups excluding carboxylic acids is 1. The Labute approximate surface area is 199 Å². The van der Waals surface area contributed by atoms with E-state index in [4.69, 9.17) is 4.74 Å². The molecule has 2 aromatic heterocycles. The third-order valence-electron chi connectivity index (χ3n) is 4.95. The number of aryl methyl sites for hydroxylation is 2. The molecule has 10 heteroatoms. The lowest BCUT2D eigenvalue weighted by Gasteiger charge is -2.13. The maximum atomic E-state index is 13.2. The van der Waals surface area contributed by atoms with Crippen molar-refractivity contribution in [1.82, 2.24) is 14.8 Å². The van der Waals surface area contributed by atoms with Crippen LogP contribution in [0.2, 0.25) is 0 Å². The molecule has 0 aliphatic heterocycles. The summed E-state index contributed by atoms with van der Waals surface area (Å²) in [5.41, 5.74) is 1.13. The summed E-state index contributed by atoms with van der Waals surface area (Å²) in [5.74, 6) is 0.541. The number of rotatable bonds is 8. The lowest BCUT2D eigenvalue weighted by atomic mass is 10.1. The Bertz CT molecular complexity index is 1280. The van der Waals surface area contributed by atoms with Crippen molar-refractivity contribution in [2.75, 3.05) is 7.11 Å². The summed E-state index contributed by atoms with van der Waals surface area (Å²) >= 11 is 1.02. The van der Waals surface area contributed by atoms with Gasteiger partial charge in [-0.15, -0.1) is 11.8 Å². The predicted molar refractivity (Wildman–Crippen MR) is 123 cm³/mol. The highest BCUT2D eigenvalue weighted by molar-refractivity contribution is 7.98. The van der Waals surface area contributed by atoms with Gasteiger partial charge in [-0.25, -0.2) is 4.98 Å². The van der Waals surface area contributed by atoms with E-state index < -0.39 is 11.9 Å². The van der Waals surface area contributed by atoms with E-state index in [2.05, 4.69) is 10.1 Å². The van der Waals surface area contributed by atoms with Crippen LogP contribution in [-0.4, -0.2) is 27.7 Å². The third-order valence-corrected chi connectivity index (χ3v) is 5.97. The fourth-order valence-electron chi connectivity index (χ4n) is 3.24. The summed E-state index contributed by atoms with van der Waals surface area (Å²) < 4.78 is 46.6. The highest BCUT2D eigenvalue weighted by Gasteiger charge is 2.34. The minimum Gasteiger partial charge on any atom is -0.496 e. The van der Waals surface area contributed by atoms with E-state index in [-0.39, 0.29) is 27.7 Å². The molecule has 0 atom stereocenters. The summed E-state index contributed by atoms with van der Waals surface area (Å²) in [6.07, 6.45) is 0.0339. The highest BCUT2D eigenvalue weighted by Crippen LogP contribution is 2.35. The lowest BCUT2D eigenvalue weighted by Crippen LogP contribution is -2.10. The van der Waals surface area contributed by atoms with Gasteiger partial charge in [0.15, 0.2) is 0 Å². The molecule has 0 N–H and O–H groups in total.